The Balaban J connectivity index is 1.63. The van der Waals surface area contributed by atoms with Gasteiger partial charge in [0, 0.05) is 24.7 Å². The summed E-state index contributed by atoms with van der Waals surface area (Å²) in [5, 5.41) is 13.6. The number of phenols is 1. The van der Waals surface area contributed by atoms with Crippen LogP contribution in [0, 0.1) is 5.92 Å². The summed E-state index contributed by atoms with van der Waals surface area (Å²) in [7, 11) is 0. The van der Waals surface area contributed by atoms with Crippen LogP contribution in [0.4, 0.5) is 0 Å². The highest BCUT2D eigenvalue weighted by atomic mass is 79.9. The van der Waals surface area contributed by atoms with Crippen molar-refractivity contribution in [1.29, 1.82) is 0 Å². The van der Waals surface area contributed by atoms with Crippen molar-refractivity contribution in [3.8, 4) is 5.75 Å². The number of nitrogens with one attached hydrogen (secondary N) is 1. The topological polar surface area (TPSA) is 35.5 Å². The molecule has 3 aliphatic heterocycles. The smallest absolute Gasteiger partial charge is 0.134 e. The van der Waals surface area contributed by atoms with Crippen molar-refractivity contribution < 1.29 is 5.11 Å². The van der Waals surface area contributed by atoms with Gasteiger partial charge >= 0.3 is 0 Å². The molecule has 3 heterocycles. The van der Waals surface area contributed by atoms with Crippen LogP contribution in [0.25, 0.3) is 0 Å². The molecule has 3 aliphatic rings. The summed E-state index contributed by atoms with van der Waals surface area (Å²) in [6.07, 6.45) is 2.64. The van der Waals surface area contributed by atoms with Gasteiger partial charge in [0.1, 0.15) is 5.75 Å². The normalized spacial score (nSPS) is 30.6. The number of hydrogen-bond acceptors (Lipinski definition) is 3. The molecule has 2 bridgehead atoms. The van der Waals surface area contributed by atoms with Crippen molar-refractivity contribution in [3.05, 3.63) is 28.2 Å². The molecule has 2 N–H and O–H groups in total. The summed E-state index contributed by atoms with van der Waals surface area (Å²) < 4.78 is 0.774. The monoisotopic (exact) mass is 310 g/mol. The van der Waals surface area contributed by atoms with E-state index in [1.54, 1.807) is 0 Å². The van der Waals surface area contributed by atoms with E-state index in [0.29, 0.717) is 11.8 Å². The van der Waals surface area contributed by atoms with Gasteiger partial charge in [0.05, 0.1) is 4.47 Å². The summed E-state index contributed by atoms with van der Waals surface area (Å²) in [4.78, 5) is 2.54. The first kappa shape index (κ1) is 12.5. The standard InChI is InChI=1S/C14H19BrN2O/c15-12-3-1-2-11(14(12)18)8-16-13-9-17-6-4-10(13)5-7-17/h1-3,10,13,16,18H,4-9H2. The number of benzene rings is 1. The second-order valence-corrected chi connectivity index (χ2v) is 6.23. The van der Waals surface area contributed by atoms with Crippen LogP contribution in [-0.4, -0.2) is 35.7 Å². The molecule has 1 aromatic carbocycles. The first-order valence-electron chi connectivity index (χ1n) is 6.66. The Bertz CT molecular complexity index is 430. The van der Waals surface area contributed by atoms with Crippen LogP contribution in [0.3, 0.4) is 0 Å². The highest BCUT2D eigenvalue weighted by Gasteiger charge is 2.33. The first-order chi connectivity index (χ1) is 8.74. The third-order valence-corrected chi connectivity index (χ3v) is 4.92. The minimum Gasteiger partial charge on any atom is -0.506 e. The molecular formula is C14H19BrN2O. The number of rotatable bonds is 3. The summed E-state index contributed by atoms with van der Waals surface area (Å²) in [6, 6.07) is 6.41. The number of para-hydroxylation sites is 1. The summed E-state index contributed by atoms with van der Waals surface area (Å²) in [5.74, 6) is 1.19. The third-order valence-electron chi connectivity index (χ3n) is 4.28. The number of hydrogen-bond donors (Lipinski definition) is 2. The lowest BCUT2D eigenvalue weighted by molar-refractivity contribution is 0.0719. The Morgan fingerprint density at radius 1 is 1.33 bits per heavy atom. The molecule has 0 radical (unpaired) electrons. The largest absolute Gasteiger partial charge is 0.506 e. The van der Waals surface area contributed by atoms with E-state index in [4.69, 9.17) is 0 Å². The number of phenolic OH excluding ortho intramolecular Hbond substituents is 1. The quantitative estimate of drug-likeness (QED) is 0.899. The Hall–Kier alpha value is -0.580. The fourth-order valence-electron chi connectivity index (χ4n) is 3.14. The second-order valence-electron chi connectivity index (χ2n) is 5.37. The fourth-order valence-corrected chi connectivity index (χ4v) is 3.55. The van der Waals surface area contributed by atoms with Gasteiger partial charge in [-0.2, -0.15) is 0 Å². The second kappa shape index (κ2) is 5.19. The van der Waals surface area contributed by atoms with Crippen molar-refractivity contribution in [2.45, 2.75) is 25.4 Å². The van der Waals surface area contributed by atoms with Crippen LogP contribution in [-0.2, 0) is 6.54 Å². The van der Waals surface area contributed by atoms with Crippen molar-refractivity contribution in [3.63, 3.8) is 0 Å². The molecule has 3 fully saturated rings. The molecule has 1 aromatic rings. The van der Waals surface area contributed by atoms with Crippen LogP contribution >= 0.6 is 15.9 Å². The average Bonchev–Trinajstić information content (AvgIpc) is 2.42. The van der Waals surface area contributed by atoms with Gasteiger partial charge in [-0.25, -0.2) is 0 Å². The van der Waals surface area contributed by atoms with Gasteiger partial charge in [-0.1, -0.05) is 12.1 Å². The van der Waals surface area contributed by atoms with Crippen LogP contribution < -0.4 is 5.32 Å². The number of fused-ring (bicyclic) bond motifs is 3. The highest BCUT2D eigenvalue weighted by Crippen LogP contribution is 2.30. The van der Waals surface area contributed by atoms with E-state index in [2.05, 4.69) is 26.1 Å². The van der Waals surface area contributed by atoms with Crippen molar-refractivity contribution in [2.75, 3.05) is 19.6 Å². The molecule has 4 rings (SSSR count). The Kier molecular flexibility index (Phi) is 3.59. The van der Waals surface area contributed by atoms with Gasteiger partial charge in [0.25, 0.3) is 0 Å². The maximum Gasteiger partial charge on any atom is 0.134 e. The number of halogens is 1. The minimum atomic E-state index is 0.367. The number of nitrogens with zero attached hydrogens (tertiary/aromatic N) is 1. The predicted octanol–water partition coefficient (Wildman–Crippen LogP) is 2.34. The van der Waals surface area contributed by atoms with Crippen molar-refractivity contribution in [1.82, 2.24) is 10.2 Å². The van der Waals surface area contributed by atoms with E-state index in [9.17, 15) is 5.11 Å². The molecule has 0 amide bonds. The van der Waals surface area contributed by atoms with Gasteiger partial charge in [-0.05, 0) is 53.8 Å². The maximum absolute atomic E-state index is 9.96. The fraction of sp³-hybridized carbons (Fsp3) is 0.571. The molecule has 98 valence electrons. The van der Waals surface area contributed by atoms with Crippen molar-refractivity contribution in [2.24, 2.45) is 5.92 Å². The molecule has 0 spiro atoms. The molecule has 1 unspecified atom stereocenters. The molecule has 3 nitrogen and oxygen atoms in total. The molecule has 4 heteroatoms. The van der Waals surface area contributed by atoms with Crippen LogP contribution in [0.1, 0.15) is 18.4 Å². The van der Waals surface area contributed by atoms with E-state index in [1.807, 2.05) is 18.2 Å². The lowest BCUT2D eigenvalue weighted by Crippen LogP contribution is -2.55. The average molecular weight is 311 g/mol. The molecule has 0 aliphatic carbocycles. The molecule has 18 heavy (non-hydrogen) atoms. The predicted molar refractivity (Wildman–Crippen MR) is 75.6 cm³/mol. The lowest BCUT2D eigenvalue weighted by atomic mass is 9.84. The molecule has 3 saturated heterocycles. The lowest BCUT2D eigenvalue weighted by Gasteiger charge is -2.45. The molecule has 1 atom stereocenters. The zero-order valence-electron chi connectivity index (χ0n) is 10.4. The molecule has 0 saturated carbocycles. The first-order valence-corrected chi connectivity index (χ1v) is 7.45. The van der Waals surface area contributed by atoms with E-state index in [0.717, 1.165) is 22.5 Å². The van der Waals surface area contributed by atoms with E-state index < -0.39 is 0 Å². The Morgan fingerprint density at radius 2 is 2.11 bits per heavy atom. The summed E-state index contributed by atoms with van der Waals surface area (Å²) >= 11 is 3.36. The summed E-state index contributed by atoms with van der Waals surface area (Å²) in [5.41, 5.74) is 0.973. The molecular weight excluding hydrogens is 292 g/mol. The third kappa shape index (κ3) is 2.42. The maximum atomic E-state index is 9.96. The highest BCUT2D eigenvalue weighted by molar-refractivity contribution is 9.10. The van der Waals surface area contributed by atoms with Crippen molar-refractivity contribution >= 4 is 15.9 Å². The van der Waals surface area contributed by atoms with Gasteiger partial charge in [-0.3, -0.25) is 0 Å². The van der Waals surface area contributed by atoms with E-state index in [1.165, 1.54) is 32.5 Å². The molecule has 0 aromatic heterocycles. The SMILES string of the molecule is Oc1c(Br)cccc1CNC1CN2CCC1CC2. The summed E-state index contributed by atoms with van der Waals surface area (Å²) in [6.45, 7) is 4.45. The van der Waals surface area contributed by atoms with Gasteiger partial charge in [-0.15, -0.1) is 0 Å². The Labute approximate surface area is 116 Å². The van der Waals surface area contributed by atoms with Crippen LogP contribution in [0.15, 0.2) is 22.7 Å². The number of aromatic hydroxyl groups is 1. The number of piperidine rings is 3. The van der Waals surface area contributed by atoms with Crippen LogP contribution in [0.5, 0.6) is 5.75 Å². The van der Waals surface area contributed by atoms with Crippen LogP contribution in [0.2, 0.25) is 0 Å². The van der Waals surface area contributed by atoms with E-state index in [-0.39, 0.29) is 0 Å². The van der Waals surface area contributed by atoms with Gasteiger partial charge < -0.3 is 15.3 Å². The van der Waals surface area contributed by atoms with Gasteiger partial charge in [0.2, 0.25) is 0 Å². The minimum absolute atomic E-state index is 0.367. The Morgan fingerprint density at radius 3 is 2.78 bits per heavy atom. The zero-order valence-corrected chi connectivity index (χ0v) is 12.0. The van der Waals surface area contributed by atoms with Gasteiger partial charge in [0.15, 0.2) is 0 Å². The zero-order chi connectivity index (χ0) is 12.5. The van der Waals surface area contributed by atoms with E-state index >= 15 is 0 Å².